The number of rotatable bonds is 26. The average Bonchev–Trinajstić information content (AvgIpc) is 2.80. The maximum absolute atomic E-state index is 11.9. The maximum Gasteiger partial charge on any atom is 0.329 e. The lowest BCUT2D eigenvalue weighted by Crippen LogP contribution is -2.28. The lowest BCUT2D eigenvalue weighted by atomic mass is 10.0. The van der Waals surface area contributed by atoms with E-state index in [2.05, 4.69) is 12.2 Å². The molecule has 2 N–H and O–H groups in total. The molecule has 0 bridgehead atoms. The number of esters is 1. The van der Waals surface area contributed by atoms with Crippen LogP contribution in [0.5, 0.6) is 0 Å². The number of nitrogens with one attached hydrogen (secondary N) is 1. The first-order valence-electron chi connectivity index (χ1n) is 13.8. The van der Waals surface area contributed by atoms with Gasteiger partial charge in [-0.25, -0.2) is 0 Å². The number of carbonyl (C=O) groups excluding carboxylic acids is 1. The van der Waals surface area contributed by atoms with Gasteiger partial charge in [0.2, 0.25) is 0 Å². The molecule has 0 fully saturated rings. The SMILES string of the molecule is CCCCCCCCCCCCCCCCCCOCC(COP(=O)(O)CCNC)OC(C)=O. The Morgan fingerprint density at radius 3 is 1.74 bits per heavy atom. The summed E-state index contributed by atoms with van der Waals surface area (Å²) in [6.07, 6.45) is 20.6. The van der Waals surface area contributed by atoms with Crippen molar-refractivity contribution < 1.29 is 28.3 Å². The number of hydrogen-bond acceptors (Lipinski definition) is 6. The van der Waals surface area contributed by atoms with Crippen LogP contribution < -0.4 is 5.32 Å². The minimum atomic E-state index is -3.69. The highest BCUT2D eigenvalue weighted by Gasteiger charge is 2.22. The summed E-state index contributed by atoms with van der Waals surface area (Å²) < 4.78 is 27.8. The highest BCUT2D eigenvalue weighted by atomic mass is 31.2. The molecule has 0 saturated carbocycles. The lowest BCUT2D eigenvalue weighted by molar-refractivity contribution is -0.151. The zero-order valence-electron chi connectivity index (χ0n) is 22.4. The van der Waals surface area contributed by atoms with Gasteiger partial charge in [0.1, 0.15) is 6.10 Å². The summed E-state index contributed by atoms with van der Waals surface area (Å²) in [5.41, 5.74) is 0. The predicted molar refractivity (Wildman–Crippen MR) is 140 cm³/mol. The van der Waals surface area contributed by atoms with Gasteiger partial charge in [-0.05, 0) is 13.5 Å². The van der Waals surface area contributed by atoms with E-state index in [0.29, 0.717) is 13.2 Å². The van der Waals surface area contributed by atoms with Crippen LogP contribution in [0.2, 0.25) is 0 Å². The van der Waals surface area contributed by atoms with E-state index in [1.54, 1.807) is 7.05 Å². The van der Waals surface area contributed by atoms with Gasteiger partial charge < -0.3 is 24.2 Å². The fourth-order valence-corrected chi connectivity index (χ4v) is 4.87. The van der Waals surface area contributed by atoms with Crippen molar-refractivity contribution in [2.45, 2.75) is 123 Å². The first kappa shape index (κ1) is 33.5. The Morgan fingerprint density at radius 2 is 1.29 bits per heavy atom. The first-order chi connectivity index (χ1) is 16.4. The molecular formula is C26H54NO6P. The molecule has 0 aliphatic heterocycles. The third-order valence-corrected chi connectivity index (χ3v) is 7.23. The topological polar surface area (TPSA) is 94.1 Å². The normalized spacial score (nSPS) is 14.1. The Morgan fingerprint density at radius 1 is 0.824 bits per heavy atom. The second kappa shape index (κ2) is 24.2. The van der Waals surface area contributed by atoms with Gasteiger partial charge in [-0.3, -0.25) is 9.36 Å². The minimum absolute atomic E-state index is 0.0103. The summed E-state index contributed by atoms with van der Waals surface area (Å²) in [5.74, 6) is -0.456. The van der Waals surface area contributed by atoms with Crippen LogP contribution in [0.1, 0.15) is 117 Å². The van der Waals surface area contributed by atoms with E-state index in [4.69, 9.17) is 14.0 Å². The van der Waals surface area contributed by atoms with Crippen LogP contribution in [0.3, 0.4) is 0 Å². The van der Waals surface area contributed by atoms with Crippen molar-refractivity contribution in [3.63, 3.8) is 0 Å². The molecule has 0 aliphatic carbocycles. The summed E-state index contributed by atoms with van der Waals surface area (Å²) in [5, 5.41) is 2.81. The Kier molecular flexibility index (Phi) is 23.9. The molecule has 8 heteroatoms. The van der Waals surface area contributed by atoms with Crippen molar-refractivity contribution in [2.75, 3.05) is 39.6 Å². The molecule has 2 atom stereocenters. The van der Waals surface area contributed by atoms with Crippen LogP contribution >= 0.6 is 7.60 Å². The van der Waals surface area contributed by atoms with Crippen LogP contribution in [0.15, 0.2) is 0 Å². The minimum Gasteiger partial charge on any atom is -0.458 e. The zero-order chi connectivity index (χ0) is 25.3. The number of hydrogen-bond donors (Lipinski definition) is 2. The monoisotopic (exact) mass is 507 g/mol. The molecule has 204 valence electrons. The Hall–Kier alpha value is -0.460. The Labute approximate surface area is 209 Å². The van der Waals surface area contributed by atoms with E-state index >= 15 is 0 Å². The molecule has 0 saturated heterocycles. The molecule has 0 radical (unpaired) electrons. The van der Waals surface area contributed by atoms with Crippen LogP contribution in [-0.4, -0.2) is 56.5 Å². The van der Waals surface area contributed by atoms with Crippen molar-refractivity contribution in [1.82, 2.24) is 5.32 Å². The van der Waals surface area contributed by atoms with Crippen LogP contribution in [0.4, 0.5) is 0 Å². The third-order valence-electron chi connectivity index (χ3n) is 5.89. The van der Waals surface area contributed by atoms with Gasteiger partial charge in [-0.1, -0.05) is 103 Å². The van der Waals surface area contributed by atoms with Crippen LogP contribution in [0.25, 0.3) is 0 Å². The third kappa shape index (κ3) is 24.7. The average molecular weight is 508 g/mol. The molecule has 0 aliphatic rings. The van der Waals surface area contributed by atoms with Gasteiger partial charge >= 0.3 is 13.6 Å². The van der Waals surface area contributed by atoms with E-state index in [9.17, 15) is 14.3 Å². The quantitative estimate of drug-likeness (QED) is 0.0772. The summed E-state index contributed by atoms with van der Waals surface area (Å²) in [6.45, 7) is 4.57. The van der Waals surface area contributed by atoms with Crippen LogP contribution in [-0.2, 0) is 23.4 Å². The largest absolute Gasteiger partial charge is 0.458 e. The summed E-state index contributed by atoms with van der Waals surface area (Å²) in [6, 6.07) is 0. The summed E-state index contributed by atoms with van der Waals surface area (Å²) >= 11 is 0. The van der Waals surface area contributed by atoms with Crippen molar-refractivity contribution in [2.24, 2.45) is 0 Å². The van der Waals surface area contributed by atoms with E-state index < -0.39 is 19.7 Å². The molecule has 2 unspecified atom stereocenters. The summed E-state index contributed by atoms with van der Waals surface area (Å²) in [7, 11) is -1.99. The van der Waals surface area contributed by atoms with Gasteiger partial charge in [0.05, 0.1) is 19.4 Å². The highest BCUT2D eigenvalue weighted by Crippen LogP contribution is 2.41. The lowest BCUT2D eigenvalue weighted by Gasteiger charge is -2.19. The fourth-order valence-electron chi connectivity index (χ4n) is 3.84. The van der Waals surface area contributed by atoms with E-state index in [0.717, 1.165) is 12.8 Å². The Bertz CT molecular complexity index is 506. The van der Waals surface area contributed by atoms with Crippen LogP contribution in [0, 0.1) is 0 Å². The Balaban J connectivity index is 3.57. The molecule has 0 spiro atoms. The molecule has 0 heterocycles. The maximum atomic E-state index is 11.9. The first-order valence-corrected chi connectivity index (χ1v) is 15.5. The molecule has 0 aromatic rings. The van der Waals surface area contributed by atoms with Crippen molar-refractivity contribution in [3.8, 4) is 0 Å². The fraction of sp³-hybridized carbons (Fsp3) is 0.962. The number of carbonyl (C=O) groups is 1. The predicted octanol–water partition coefficient (Wildman–Crippen LogP) is 6.62. The molecule has 34 heavy (non-hydrogen) atoms. The molecular weight excluding hydrogens is 453 g/mol. The van der Waals surface area contributed by atoms with E-state index in [1.165, 1.54) is 96.8 Å². The standard InChI is InChI=1S/C26H54NO6P/c1-4-5-6-7-8-9-10-11-12-13-14-15-16-17-18-19-21-31-23-26(33-25(2)28)24-32-34(29,30)22-20-27-3/h26-27H,4-24H2,1-3H3,(H,29,30). The second-order valence-electron chi connectivity index (χ2n) is 9.37. The molecule has 0 aromatic heterocycles. The molecule has 0 amide bonds. The number of ether oxygens (including phenoxy) is 2. The van der Waals surface area contributed by atoms with E-state index in [1.807, 2.05) is 0 Å². The van der Waals surface area contributed by atoms with Crippen molar-refractivity contribution in [1.29, 1.82) is 0 Å². The van der Waals surface area contributed by atoms with Crippen molar-refractivity contribution in [3.05, 3.63) is 0 Å². The highest BCUT2D eigenvalue weighted by molar-refractivity contribution is 7.52. The van der Waals surface area contributed by atoms with Gasteiger partial charge in [0.15, 0.2) is 0 Å². The molecule has 0 rings (SSSR count). The van der Waals surface area contributed by atoms with Gasteiger partial charge in [0.25, 0.3) is 0 Å². The van der Waals surface area contributed by atoms with Gasteiger partial charge in [0, 0.05) is 20.1 Å². The summed E-state index contributed by atoms with van der Waals surface area (Å²) in [4.78, 5) is 21.0. The second-order valence-corrected chi connectivity index (χ2v) is 11.4. The smallest absolute Gasteiger partial charge is 0.329 e. The van der Waals surface area contributed by atoms with E-state index in [-0.39, 0.29) is 19.4 Å². The number of unbranched alkanes of at least 4 members (excludes halogenated alkanes) is 15. The van der Waals surface area contributed by atoms with Crippen molar-refractivity contribution >= 4 is 13.6 Å². The zero-order valence-corrected chi connectivity index (χ0v) is 23.3. The van der Waals surface area contributed by atoms with Gasteiger partial charge in [-0.15, -0.1) is 0 Å². The molecule has 0 aromatic carbocycles. The molecule has 7 nitrogen and oxygen atoms in total. The van der Waals surface area contributed by atoms with Gasteiger partial charge in [-0.2, -0.15) is 0 Å².